The fourth-order valence-corrected chi connectivity index (χ4v) is 11.8. The maximum atomic E-state index is 7.19. The van der Waals surface area contributed by atoms with Crippen molar-refractivity contribution >= 4 is 0 Å². The summed E-state index contributed by atoms with van der Waals surface area (Å²) in [5.74, 6) is 5.11. The molecule has 194 valence electrons. The van der Waals surface area contributed by atoms with Gasteiger partial charge in [0.1, 0.15) is 0 Å². The van der Waals surface area contributed by atoms with E-state index in [1.807, 2.05) is 7.11 Å². The summed E-state index contributed by atoms with van der Waals surface area (Å²) >= 11 is 0. The fourth-order valence-electron chi connectivity index (χ4n) is 11.8. The first-order valence-corrected chi connectivity index (χ1v) is 14.8. The van der Waals surface area contributed by atoms with Gasteiger partial charge in [-0.05, 0) is 118 Å². The normalized spacial score (nSPS) is 59.4. The third kappa shape index (κ3) is 3.16. The van der Waals surface area contributed by atoms with Crippen LogP contribution >= 0.6 is 0 Å². The Kier molecular flexibility index (Phi) is 5.81. The van der Waals surface area contributed by atoms with Crippen LogP contribution in [0.5, 0.6) is 0 Å². The molecule has 34 heavy (non-hydrogen) atoms. The van der Waals surface area contributed by atoms with Crippen molar-refractivity contribution in [2.24, 2.45) is 52.3 Å². The van der Waals surface area contributed by atoms with Gasteiger partial charge < -0.3 is 14.8 Å². The number of ether oxygens (including phenoxy) is 2. The van der Waals surface area contributed by atoms with Gasteiger partial charge in [0.2, 0.25) is 0 Å². The van der Waals surface area contributed by atoms with Gasteiger partial charge in [-0.3, -0.25) is 4.90 Å². The number of nitrogens with zero attached hydrogens (tertiary/aromatic N) is 1. The molecule has 0 unspecified atom stereocenters. The Morgan fingerprint density at radius 3 is 2.47 bits per heavy atom. The standard InChI is InChI=1S/C30H52N2O2/c1-18-16-30(33-7)27(32(6)17-18)19(2)26-25(34-30)15-24-22-9-8-20-14-21(31-5)10-12-28(20,3)23(22)11-13-29(24,26)4/h18-27,31H,8-17H2,1-7H3/t18-,19+,20+,21+,22-,23+,24+,25-,26+,27-,28+,29+,30+/m1/s1. The molecule has 0 aromatic heterocycles. The van der Waals surface area contributed by atoms with Gasteiger partial charge in [0, 0.05) is 26.1 Å². The number of hydrogen-bond donors (Lipinski definition) is 1. The zero-order valence-corrected chi connectivity index (χ0v) is 23.1. The van der Waals surface area contributed by atoms with E-state index in [1.165, 1.54) is 57.9 Å². The lowest BCUT2D eigenvalue weighted by molar-refractivity contribution is -0.340. The van der Waals surface area contributed by atoms with Gasteiger partial charge in [-0.25, -0.2) is 0 Å². The van der Waals surface area contributed by atoms with E-state index in [4.69, 9.17) is 9.47 Å². The Labute approximate surface area is 209 Å². The molecule has 6 rings (SSSR count). The molecule has 6 aliphatic rings. The maximum absolute atomic E-state index is 7.19. The number of likely N-dealkylation sites (tertiary alicyclic amines) is 1. The molecule has 6 fully saturated rings. The van der Waals surface area contributed by atoms with Crippen molar-refractivity contribution in [1.82, 2.24) is 10.2 Å². The number of fused-ring (bicyclic) bond motifs is 8. The molecule has 13 atom stereocenters. The summed E-state index contributed by atoms with van der Waals surface area (Å²) in [5.41, 5.74) is 0.996. The van der Waals surface area contributed by atoms with E-state index in [-0.39, 0.29) is 0 Å². The van der Waals surface area contributed by atoms with Crippen LogP contribution in [-0.4, -0.2) is 56.6 Å². The van der Waals surface area contributed by atoms with Crippen LogP contribution in [0.2, 0.25) is 0 Å². The molecule has 2 aliphatic heterocycles. The molecular weight excluding hydrogens is 420 g/mol. The number of likely N-dealkylation sites (N-methyl/N-ethyl adjacent to an activating group) is 1. The molecule has 0 amide bonds. The SMILES string of the molecule is CN[C@H]1CC[C@@]2(C)[C@@H](CC[C@@H]3[C@@H]2CC[C@]2(C)[C@H]4[C@H](C)[C@H]5N(C)C[C@H](C)C[C@]5(OC)O[C@@H]4C[C@@H]32)C1. The smallest absolute Gasteiger partial charge is 0.184 e. The van der Waals surface area contributed by atoms with Crippen LogP contribution in [0.15, 0.2) is 0 Å². The van der Waals surface area contributed by atoms with E-state index in [0.717, 1.165) is 36.1 Å². The Morgan fingerprint density at radius 2 is 1.74 bits per heavy atom. The molecule has 0 spiro atoms. The topological polar surface area (TPSA) is 33.7 Å². The highest BCUT2D eigenvalue weighted by molar-refractivity contribution is 5.16. The summed E-state index contributed by atoms with van der Waals surface area (Å²) in [6, 6.07) is 1.13. The third-order valence-electron chi connectivity index (χ3n) is 13.1. The molecule has 0 radical (unpaired) electrons. The number of hydrogen-bond acceptors (Lipinski definition) is 4. The molecule has 0 aromatic carbocycles. The number of rotatable bonds is 2. The minimum absolute atomic E-state index is 0.379. The van der Waals surface area contributed by atoms with Gasteiger partial charge in [-0.1, -0.05) is 27.7 Å². The van der Waals surface area contributed by atoms with E-state index in [1.54, 1.807) is 0 Å². The molecule has 1 N–H and O–H groups in total. The van der Waals surface area contributed by atoms with Gasteiger partial charge in [-0.15, -0.1) is 0 Å². The monoisotopic (exact) mass is 472 g/mol. The minimum atomic E-state index is -0.411. The average Bonchev–Trinajstić information content (AvgIpc) is 3.10. The maximum Gasteiger partial charge on any atom is 0.184 e. The third-order valence-corrected chi connectivity index (χ3v) is 13.1. The van der Waals surface area contributed by atoms with Crippen LogP contribution in [0.1, 0.15) is 85.5 Å². The van der Waals surface area contributed by atoms with Gasteiger partial charge in [0.25, 0.3) is 0 Å². The highest BCUT2D eigenvalue weighted by Gasteiger charge is 2.68. The van der Waals surface area contributed by atoms with Crippen LogP contribution < -0.4 is 5.32 Å². The zero-order valence-electron chi connectivity index (χ0n) is 23.1. The van der Waals surface area contributed by atoms with Crippen molar-refractivity contribution in [3.05, 3.63) is 0 Å². The predicted molar refractivity (Wildman–Crippen MR) is 137 cm³/mol. The first kappa shape index (κ1) is 24.2. The Morgan fingerprint density at radius 1 is 0.971 bits per heavy atom. The lowest BCUT2D eigenvalue weighted by Crippen LogP contribution is -2.69. The summed E-state index contributed by atoms with van der Waals surface area (Å²) in [4.78, 5) is 2.59. The van der Waals surface area contributed by atoms with Gasteiger partial charge >= 0.3 is 0 Å². The minimum Gasteiger partial charge on any atom is -0.352 e. The molecule has 4 nitrogen and oxygen atoms in total. The molecule has 4 saturated carbocycles. The Bertz CT molecular complexity index is 790. The summed E-state index contributed by atoms with van der Waals surface area (Å²) < 4.78 is 13.5. The highest BCUT2D eigenvalue weighted by Crippen LogP contribution is 2.70. The van der Waals surface area contributed by atoms with Crippen molar-refractivity contribution in [1.29, 1.82) is 0 Å². The van der Waals surface area contributed by atoms with E-state index in [9.17, 15) is 0 Å². The van der Waals surface area contributed by atoms with Gasteiger partial charge in [0.05, 0.1) is 12.1 Å². The van der Waals surface area contributed by atoms with Crippen molar-refractivity contribution in [3.63, 3.8) is 0 Å². The van der Waals surface area contributed by atoms with Crippen molar-refractivity contribution in [2.45, 2.75) is 109 Å². The second-order valence-corrected chi connectivity index (χ2v) is 14.4. The molecule has 2 saturated heterocycles. The second-order valence-electron chi connectivity index (χ2n) is 14.4. The Hall–Kier alpha value is -0.160. The lowest BCUT2D eigenvalue weighted by Gasteiger charge is -2.62. The predicted octanol–water partition coefficient (Wildman–Crippen LogP) is 5.56. The van der Waals surface area contributed by atoms with Crippen LogP contribution in [0.25, 0.3) is 0 Å². The van der Waals surface area contributed by atoms with E-state index >= 15 is 0 Å². The highest BCUT2D eigenvalue weighted by atomic mass is 16.7. The lowest BCUT2D eigenvalue weighted by atomic mass is 9.44. The van der Waals surface area contributed by atoms with Gasteiger partial charge in [0.15, 0.2) is 5.79 Å². The molecular formula is C30H52N2O2. The van der Waals surface area contributed by atoms with Crippen LogP contribution in [0.4, 0.5) is 0 Å². The van der Waals surface area contributed by atoms with Crippen LogP contribution in [-0.2, 0) is 9.47 Å². The number of nitrogens with one attached hydrogen (secondary N) is 1. The Balaban J connectivity index is 1.30. The largest absolute Gasteiger partial charge is 0.352 e. The summed E-state index contributed by atoms with van der Waals surface area (Å²) in [6.07, 6.45) is 12.7. The fraction of sp³-hybridized carbons (Fsp3) is 1.00. The molecule has 0 bridgehead atoms. The second kappa shape index (κ2) is 8.17. The van der Waals surface area contributed by atoms with Crippen molar-refractivity contribution in [2.75, 3.05) is 27.7 Å². The first-order valence-electron chi connectivity index (χ1n) is 14.8. The quantitative estimate of drug-likeness (QED) is 0.570. The average molecular weight is 473 g/mol. The van der Waals surface area contributed by atoms with E-state index < -0.39 is 5.79 Å². The van der Waals surface area contributed by atoms with Crippen molar-refractivity contribution in [3.8, 4) is 0 Å². The van der Waals surface area contributed by atoms with E-state index in [0.29, 0.717) is 40.7 Å². The summed E-state index contributed by atoms with van der Waals surface area (Å²) in [5, 5.41) is 3.62. The summed E-state index contributed by atoms with van der Waals surface area (Å²) in [7, 11) is 6.41. The van der Waals surface area contributed by atoms with Crippen LogP contribution in [0, 0.1) is 52.3 Å². The number of methoxy groups -OCH3 is 1. The molecule has 4 heteroatoms. The zero-order chi connectivity index (χ0) is 24.0. The van der Waals surface area contributed by atoms with Crippen molar-refractivity contribution < 1.29 is 9.47 Å². The van der Waals surface area contributed by atoms with Crippen LogP contribution in [0.3, 0.4) is 0 Å². The number of piperidine rings is 1. The molecule has 0 aromatic rings. The molecule has 2 heterocycles. The summed E-state index contributed by atoms with van der Waals surface area (Å²) in [6.45, 7) is 11.5. The molecule has 4 aliphatic carbocycles. The first-order chi connectivity index (χ1) is 16.2. The van der Waals surface area contributed by atoms with Gasteiger partial charge in [-0.2, -0.15) is 0 Å². The van der Waals surface area contributed by atoms with E-state index in [2.05, 4.69) is 52.0 Å².